The van der Waals surface area contributed by atoms with Crippen LogP contribution < -0.4 is 10.2 Å². The fraction of sp³-hybridized carbons (Fsp3) is 0.290. The molecule has 0 bridgehead atoms. The predicted molar refractivity (Wildman–Crippen MR) is 147 cm³/mol. The van der Waals surface area contributed by atoms with Crippen LogP contribution in [0.3, 0.4) is 0 Å². The van der Waals surface area contributed by atoms with Gasteiger partial charge in [0.05, 0.1) is 11.9 Å². The summed E-state index contributed by atoms with van der Waals surface area (Å²) in [5, 5.41) is 4.23. The van der Waals surface area contributed by atoms with E-state index in [9.17, 15) is 9.59 Å². The number of nitrogens with zero attached hydrogens (tertiary/aromatic N) is 2. The van der Waals surface area contributed by atoms with E-state index in [1.54, 1.807) is 11.9 Å². The normalized spacial score (nSPS) is 11.9. The van der Waals surface area contributed by atoms with Crippen molar-refractivity contribution in [2.24, 2.45) is 0 Å². The molecule has 0 radical (unpaired) electrons. The standard InChI is InChI=1S/C31H35N3O2/c1-6-34-23(4)26(29-21(2)17-18-22(3)30(29)34)20-28(35)32-27(19-24-13-9-7-10-14-24)31(36)33(5)25-15-11-8-12-16-25/h7-18,27H,6,19-20H2,1-5H3,(H,32,35)/t27-/m0/s1. The molecule has 0 aliphatic rings. The average molecular weight is 482 g/mol. The van der Waals surface area contributed by atoms with Crippen molar-refractivity contribution >= 4 is 28.4 Å². The van der Waals surface area contributed by atoms with E-state index < -0.39 is 6.04 Å². The third-order valence-corrected chi connectivity index (χ3v) is 7.04. The first kappa shape index (κ1) is 25.2. The number of hydrogen-bond donors (Lipinski definition) is 1. The minimum Gasteiger partial charge on any atom is -0.345 e. The zero-order valence-electron chi connectivity index (χ0n) is 21.8. The first-order valence-corrected chi connectivity index (χ1v) is 12.6. The van der Waals surface area contributed by atoms with E-state index in [-0.39, 0.29) is 18.2 Å². The summed E-state index contributed by atoms with van der Waals surface area (Å²) in [4.78, 5) is 28.7. The molecule has 0 unspecified atom stereocenters. The Balaban J connectivity index is 1.64. The van der Waals surface area contributed by atoms with Crippen molar-refractivity contribution < 1.29 is 9.59 Å². The van der Waals surface area contributed by atoms with Gasteiger partial charge in [0, 0.05) is 36.8 Å². The third-order valence-electron chi connectivity index (χ3n) is 7.04. The molecule has 3 aromatic carbocycles. The molecule has 1 atom stereocenters. The van der Waals surface area contributed by atoms with E-state index in [4.69, 9.17) is 0 Å². The molecule has 0 saturated heterocycles. The van der Waals surface area contributed by atoms with Crippen LogP contribution in [-0.2, 0) is 29.0 Å². The van der Waals surface area contributed by atoms with Gasteiger partial charge in [0.15, 0.2) is 0 Å². The number of benzene rings is 3. The highest BCUT2D eigenvalue weighted by Crippen LogP contribution is 2.31. The van der Waals surface area contributed by atoms with E-state index in [2.05, 4.69) is 49.7 Å². The lowest BCUT2D eigenvalue weighted by Crippen LogP contribution is -2.49. The lowest BCUT2D eigenvalue weighted by Gasteiger charge is -2.25. The fourth-order valence-electron chi connectivity index (χ4n) is 5.12. The Bertz CT molecular complexity index is 1370. The highest BCUT2D eigenvalue weighted by atomic mass is 16.2. The number of rotatable bonds is 8. The monoisotopic (exact) mass is 481 g/mol. The van der Waals surface area contributed by atoms with Crippen LogP contribution in [0.4, 0.5) is 5.69 Å². The lowest BCUT2D eigenvalue weighted by molar-refractivity contribution is -0.127. The number of hydrogen-bond acceptors (Lipinski definition) is 2. The van der Waals surface area contributed by atoms with Crippen LogP contribution in [0, 0.1) is 20.8 Å². The first-order valence-electron chi connectivity index (χ1n) is 12.6. The van der Waals surface area contributed by atoms with Crippen molar-refractivity contribution in [1.29, 1.82) is 0 Å². The van der Waals surface area contributed by atoms with Gasteiger partial charge in [-0.15, -0.1) is 0 Å². The topological polar surface area (TPSA) is 54.3 Å². The summed E-state index contributed by atoms with van der Waals surface area (Å²) < 4.78 is 2.29. The minimum absolute atomic E-state index is 0.141. The van der Waals surface area contributed by atoms with E-state index in [0.717, 1.165) is 40.0 Å². The molecule has 4 rings (SSSR count). The number of carbonyl (C=O) groups excluding carboxylic acids is 2. The van der Waals surface area contributed by atoms with Crippen molar-refractivity contribution in [3.8, 4) is 0 Å². The zero-order chi connectivity index (χ0) is 25.8. The molecule has 5 heteroatoms. The van der Waals surface area contributed by atoms with Crippen LogP contribution in [0.15, 0.2) is 72.8 Å². The van der Waals surface area contributed by atoms with E-state index in [0.29, 0.717) is 6.42 Å². The molecular weight excluding hydrogens is 446 g/mol. The molecule has 0 fully saturated rings. The van der Waals surface area contributed by atoms with Crippen LogP contribution in [0.1, 0.15) is 34.9 Å². The summed E-state index contributed by atoms with van der Waals surface area (Å²) in [5.41, 5.74) is 7.49. The number of carbonyl (C=O) groups is 2. The Kier molecular flexibility index (Phi) is 7.58. The van der Waals surface area contributed by atoms with Gasteiger partial charge in [-0.05, 0) is 62.1 Å². The number of amides is 2. The van der Waals surface area contributed by atoms with E-state index in [1.807, 2.05) is 60.7 Å². The minimum atomic E-state index is -0.673. The van der Waals surface area contributed by atoms with Gasteiger partial charge in [-0.25, -0.2) is 0 Å². The highest BCUT2D eigenvalue weighted by Gasteiger charge is 2.27. The SMILES string of the molecule is CCn1c(C)c(CC(=O)N[C@@H](Cc2ccccc2)C(=O)N(C)c2ccccc2)c2c(C)ccc(C)c21. The van der Waals surface area contributed by atoms with Gasteiger partial charge in [-0.3, -0.25) is 9.59 Å². The second-order valence-electron chi connectivity index (χ2n) is 9.45. The van der Waals surface area contributed by atoms with Crippen LogP contribution >= 0.6 is 0 Å². The van der Waals surface area contributed by atoms with Gasteiger partial charge >= 0.3 is 0 Å². The summed E-state index contributed by atoms with van der Waals surface area (Å²) in [6.07, 6.45) is 0.656. The molecule has 186 valence electrons. The fourth-order valence-corrected chi connectivity index (χ4v) is 5.12. The maximum atomic E-state index is 13.6. The third kappa shape index (κ3) is 5.06. The van der Waals surface area contributed by atoms with Gasteiger partial charge < -0.3 is 14.8 Å². The van der Waals surface area contributed by atoms with Crippen LogP contribution in [0.25, 0.3) is 10.9 Å². The molecule has 0 aliphatic heterocycles. The van der Waals surface area contributed by atoms with Crippen molar-refractivity contribution in [3.05, 3.63) is 101 Å². The second kappa shape index (κ2) is 10.8. The predicted octanol–water partition coefficient (Wildman–Crippen LogP) is 5.52. The number of para-hydroxylation sites is 1. The number of anilines is 1. The molecule has 1 heterocycles. The summed E-state index contributed by atoms with van der Waals surface area (Å²) in [7, 11) is 1.76. The first-order chi connectivity index (χ1) is 17.3. The molecule has 0 aliphatic carbocycles. The molecule has 36 heavy (non-hydrogen) atoms. The quantitative estimate of drug-likeness (QED) is 0.360. The molecule has 4 aromatic rings. The van der Waals surface area contributed by atoms with Gasteiger partial charge in [0.1, 0.15) is 6.04 Å². The summed E-state index contributed by atoms with van der Waals surface area (Å²) in [6.45, 7) is 9.27. The average Bonchev–Trinajstić information content (AvgIpc) is 3.18. The maximum Gasteiger partial charge on any atom is 0.249 e. The number of likely N-dealkylation sites (N-methyl/N-ethyl adjacent to an activating group) is 1. The van der Waals surface area contributed by atoms with Gasteiger partial charge in [-0.2, -0.15) is 0 Å². The maximum absolute atomic E-state index is 13.6. The smallest absolute Gasteiger partial charge is 0.249 e. The Morgan fingerprint density at radius 3 is 2.14 bits per heavy atom. The number of aryl methyl sites for hydroxylation is 3. The zero-order valence-corrected chi connectivity index (χ0v) is 21.8. The number of fused-ring (bicyclic) bond motifs is 1. The van der Waals surface area contributed by atoms with Crippen LogP contribution in [0.5, 0.6) is 0 Å². The van der Waals surface area contributed by atoms with E-state index >= 15 is 0 Å². The van der Waals surface area contributed by atoms with Crippen molar-refractivity contribution in [1.82, 2.24) is 9.88 Å². The van der Waals surface area contributed by atoms with Gasteiger partial charge in [0.25, 0.3) is 0 Å². The Labute approximate surface area is 213 Å². The number of nitrogens with one attached hydrogen (secondary N) is 1. The summed E-state index contributed by atoms with van der Waals surface area (Å²) >= 11 is 0. The molecule has 2 amide bonds. The van der Waals surface area contributed by atoms with Crippen molar-refractivity contribution in [3.63, 3.8) is 0 Å². The lowest BCUT2D eigenvalue weighted by atomic mass is 10.00. The Morgan fingerprint density at radius 1 is 0.889 bits per heavy atom. The van der Waals surface area contributed by atoms with Gasteiger partial charge in [-0.1, -0.05) is 60.7 Å². The Hall–Kier alpha value is -3.86. The highest BCUT2D eigenvalue weighted by molar-refractivity contribution is 6.00. The Morgan fingerprint density at radius 2 is 1.50 bits per heavy atom. The summed E-state index contributed by atoms with van der Waals surface area (Å²) in [6, 6.07) is 22.9. The molecular formula is C31H35N3O2. The molecule has 1 N–H and O–H groups in total. The largest absolute Gasteiger partial charge is 0.345 e. The number of aromatic nitrogens is 1. The van der Waals surface area contributed by atoms with Crippen LogP contribution in [0.2, 0.25) is 0 Å². The molecule has 5 nitrogen and oxygen atoms in total. The van der Waals surface area contributed by atoms with Crippen molar-refractivity contribution in [2.75, 3.05) is 11.9 Å². The molecule has 1 aromatic heterocycles. The van der Waals surface area contributed by atoms with Crippen molar-refractivity contribution in [2.45, 2.75) is 53.1 Å². The molecule has 0 spiro atoms. The van der Waals surface area contributed by atoms with E-state index in [1.165, 1.54) is 11.1 Å². The molecule has 0 saturated carbocycles. The van der Waals surface area contributed by atoms with Gasteiger partial charge in [0.2, 0.25) is 11.8 Å². The summed E-state index contributed by atoms with van der Waals surface area (Å²) in [5.74, 6) is -0.289. The second-order valence-corrected chi connectivity index (χ2v) is 9.45. The van der Waals surface area contributed by atoms with Crippen LogP contribution in [-0.4, -0.2) is 29.5 Å².